The Hall–Kier alpha value is -3.74. The molecule has 0 amide bonds. The molecule has 0 saturated carbocycles. The molecule has 0 aliphatic carbocycles. The molecule has 0 radical (unpaired) electrons. The Morgan fingerprint density at radius 3 is 1.70 bits per heavy atom. The third kappa shape index (κ3) is 6.87. The molecule has 0 aliphatic rings. The number of allylic oxidation sites excluding steroid dienone is 1. The molecule has 3 rings (SSSR count). The van der Waals surface area contributed by atoms with Crippen LogP contribution in [0.1, 0.15) is 18.1 Å². The average Bonchev–Trinajstić information content (AvgIpc) is 2.80. The summed E-state index contributed by atoms with van der Waals surface area (Å²) >= 11 is 0. The Morgan fingerprint density at radius 1 is 0.818 bits per heavy atom. The summed E-state index contributed by atoms with van der Waals surface area (Å²) in [6.45, 7) is 1.68. The van der Waals surface area contributed by atoms with Gasteiger partial charge in [-0.25, -0.2) is 4.79 Å². The first-order valence-corrected chi connectivity index (χ1v) is 10.5. The van der Waals surface area contributed by atoms with Gasteiger partial charge in [0.05, 0.1) is 6.61 Å². The third-order valence-corrected chi connectivity index (χ3v) is 4.78. The van der Waals surface area contributed by atoms with Crippen LogP contribution in [0, 0.1) is 0 Å². The number of esters is 1. The summed E-state index contributed by atoms with van der Waals surface area (Å²) in [7, 11) is 0. The summed E-state index contributed by atoms with van der Waals surface area (Å²) in [5.74, 6) is -1.04. The Labute approximate surface area is 191 Å². The topological polar surface area (TPSA) is 41.6 Å². The molecule has 0 saturated heterocycles. The molecule has 7 heteroatoms. The summed E-state index contributed by atoms with van der Waals surface area (Å²) in [6, 6.07) is 26.0. The molecular formula is C26H25F3N2O2. The van der Waals surface area contributed by atoms with E-state index in [1.165, 1.54) is 17.0 Å². The number of carbonyl (C=O) groups excluding carboxylic acids is 1. The highest BCUT2D eigenvalue weighted by Gasteiger charge is 2.41. The number of rotatable bonds is 9. The Kier molecular flexibility index (Phi) is 8.13. The van der Waals surface area contributed by atoms with E-state index in [0.717, 1.165) is 11.1 Å². The quantitative estimate of drug-likeness (QED) is 0.312. The van der Waals surface area contributed by atoms with Gasteiger partial charge in [0, 0.05) is 18.8 Å². The van der Waals surface area contributed by atoms with E-state index in [2.05, 4.69) is 5.32 Å². The summed E-state index contributed by atoms with van der Waals surface area (Å²) < 4.78 is 48.1. The molecule has 172 valence electrons. The van der Waals surface area contributed by atoms with Gasteiger partial charge >= 0.3 is 12.1 Å². The van der Waals surface area contributed by atoms with Crippen LogP contribution in [0.4, 0.5) is 18.9 Å². The van der Waals surface area contributed by atoms with Crippen molar-refractivity contribution < 1.29 is 22.7 Å². The van der Waals surface area contributed by atoms with E-state index in [0.29, 0.717) is 0 Å². The third-order valence-electron chi connectivity index (χ3n) is 4.78. The minimum absolute atomic E-state index is 0.0523. The molecule has 0 spiro atoms. The minimum atomic E-state index is -4.83. The van der Waals surface area contributed by atoms with Crippen LogP contribution in [0.25, 0.3) is 0 Å². The standard InChI is InChI=1S/C26H25F3N2O2/c1-2-33-25(32)23(24(26(27,28)29)30-22-16-10-5-11-17-22)31(18-20-12-6-3-7-13-20)19-21-14-8-4-9-15-21/h3-17,30H,2,18-19H2,1H3/b24-23+. The van der Waals surface area contributed by atoms with Gasteiger partial charge in [0.25, 0.3) is 0 Å². The number of anilines is 1. The molecule has 4 nitrogen and oxygen atoms in total. The molecule has 0 heterocycles. The lowest BCUT2D eigenvalue weighted by atomic mass is 10.1. The zero-order valence-corrected chi connectivity index (χ0v) is 18.2. The second-order valence-electron chi connectivity index (χ2n) is 7.26. The van der Waals surface area contributed by atoms with E-state index in [-0.39, 0.29) is 25.4 Å². The molecule has 3 aromatic carbocycles. The van der Waals surface area contributed by atoms with Crippen LogP contribution in [0.15, 0.2) is 102 Å². The molecule has 0 aromatic heterocycles. The molecule has 33 heavy (non-hydrogen) atoms. The maximum absolute atomic E-state index is 14.3. The number of hydrogen-bond donors (Lipinski definition) is 1. The highest BCUT2D eigenvalue weighted by Crippen LogP contribution is 2.33. The van der Waals surface area contributed by atoms with Crippen molar-refractivity contribution in [2.24, 2.45) is 0 Å². The van der Waals surface area contributed by atoms with E-state index in [1.807, 2.05) is 12.1 Å². The highest BCUT2D eigenvalue weighted by molar-refractivity contribution is 5.89. The average molecular weight is 454 g/mol. The van der Waals surface area contributed by atoms with Crippen molar-refractivity contribution in [3.63, 3.8) is 0 Å². The van der Waals surface area contributed by atoms with Gasteiger partial charge in [-0.3, -0.25) is 0 Å². The van der Waals surface area contributed by atoms with Crippen LogP contribution in [-0.4, -0.2) is 23.7 Å². The highest BCUT2D eigenvalue weighted by atomic mass is 19.4. The number of hydrogen-bond acceptors (Lipinski definition) is 4. The molecule has 3 aromatic rings. The van der Waals surface area contributed by atoms with E-state index in [9.17, 15) is 18.0 Å². The maximum Gasteiger partial charge on any atom is 0.433 e. The van der Waals surface area contributed by atoms with Gasteiger partial charge in [0.1, 0.15) is 0 Å². The monoisotopic (exact) mass is 454 g/mol. The zero-order valence-electron chi connectivity index (χ0n) is 18.2. The van der Waals surface area contributed by atoms with Gasteiger partial charge in [-0.2, -0.15) is 13.2 Å². The van der Waals surface area contributed by atoms with E-state index >= 15 is 0 Å². The minimum Gasteiger partial charge on any atom is -0.461 e. The van der Waals surface area contributed by atoms with Crippen LogP contribution in [-0.2, 0) is 22.6 Å². The normalized spacial score (nSPS) is 12.0. The molecule has 0 unspecified atom stereocenters. The summed E-state index contributed by atoms with van der Waals surface area (Å²) in [5, 5.41) is 2.42. The first-order chi connectivity index (χ1) is 15.9. The maximum atomic E-state index is 14.3. The van der Waals surface area contributed by atoms with Crippen LogP contribution in [0.2, 0.25) is 0 Å². The molecule has 0 bridgehead atoms. The number of nitrogens with one attached hydrogen (secondary N) is 1. The number of ether oxygens (including phenoxy) is 1. The van der Waals surface area contributed by atoms with E-state index in [4.69, 9.17) is 4.74 Å². The fourth-order valence-corrected chi connectivity index (χ4v) is 3.34. The Balaban J connectivity index is 2.16. The van der Waals surface area contributed by atoms with Crippen molar-refractivity contribution in [2.75, 3.05) is 11.9 Å². The first kappa shape index (κ1) is 23.9. The second-order valence-corrected chi connectivity index (χ2v) is 7.26. The number of para-hydroxylation sites is 1. The van der Waals surface area contributed by atoms with E-state index < -0.39 is 23.5 Å². The molecular weight excluding hydrogens is 429 g/mol. The van der Waals surface area contributed by atoms with Crippen molar-refractivity contribution in [3.05, 3.63) is 114 Å². The summed E-state index contributed by atoms with van der Waals surface area (Å²) in [4.78, 5) is 14.4. The lowest BCUT2D eigenvalue weighted by Gasteiger charge is -2.30. The van der Waals surface area contributed by atoms with Crippen LogP contribution >= 0.6 is 0 Å². The van der Waals surface area contributed by atoms with Gasteiger partial charge in [-0.05, 0) is 30.2 Å². The van der Waals surface area contributed by atoms with Crippen molar-refractivity contribution in [1.29, 1.82) is 0 Å². The fraction of sp³-hybridized carbons (Fsp3) is 0.192. The predicted octanol–water partition coefficient (Wildman–Crippen LogP) is 6.14. The largest absolute Gasteiger partial charge is 0.461 e. The van der Waals surface area contributed by atoms with Crippen molar-refractivity contribution in [1.82, 2.24) is 4.90 Å². The van der Waals surface area contributed by atoms with Gasteiger partial charge in [-0.15, -0.1) is 0 Å². The van der Waals surface area contributed by atoms with Gasteiger partial charge in [0.15, 0.2) is 11.4 Å². The lowest BCUT2D eigenvalue weighted by molar-refractivity contribution is -0.142. The Bertz CT molecular complexity index is 1010. The lowest BCUT2D eigenvalue weighted by Crippen LogP contribution is -2.35. The molecule has 1 N–H and O–H groups in total. The number of carbonyl (C=O) groups is 1. The molecule has 0 fully saturated rings. The van der Waals surface area contributed by atoms with Crippen molar-refractivity contribution >= 4 is 11.7 Å². The summed E-state index contributed by atoms with van der Waals surface area (Å²) in [5.41, 5.74) is -0.00107. The van der Waals surface area contributed by atoms with Gasteiger partial charge < -0.3 is 15.0 Å². The van der Waals surface area contributed by atoms with Crippen LogP contribution < -0.4 is 5.32 Å². The number of halogens is 3. The molecule has 0 atom stereocenters. The smallest absolute Gasteiger partial charge is 0.433 e. The van der Waals surface area contributed by atoms with Gasteiger partial charge in [-0.1, -0.05) is 78.9 Å². The van der Waals surface area contributed by atoms with Crippen molar-refractivity contribution in [3.8, 4) is 0 Å². The number of nitrogens with zero attached hydrogens (tertiary/aromatic N) is 1. The SMILES string of the molecule is CCOC(=O)/C(=C(\Nc1ccccc1)C(F)(F)F)N(Cc1ccccc1)Cc1ccccc1. The van der Waals surface area contributed by atoms with Gasteiger partial charge in [0.2, 0.25) is 0 Å². The zero-order chi connectivity index (χ0) is 23.7. The molecule has 0 aliphatic heterocycles. The van der Waals surface area contributed by atoms with Crippen LogP contribution in [0.3, 0.4) is 0 Å². The van der Waals surface area contributed by atoms with E-state index in [1.54, 1.807) is 73.7 Å². The number of alkyl halides is 3. The van der Waals surface area contributed by atoms with Crippen LogP contribution in [0.5, 0.6) is 0 Å². The summed E-state index contributed by atoms with van der Waals surface area (Å²) in [6.07, 6.45) is -4.83. The van der Waals surface area contributed by atoms with Crippen molar-refractivity contribution in [2.45, 2.75) is 26.2 Å². The second kappa shape index (κ2) is 11.2. The predicted molar refractivity (Wildman–Crippen MR) is 122 cm³/mol. The first-order valence-electron chi connectivity index (χ1n) is 10.5. The Morgan fingerprint density at radius 2 is 1.27 bits per heavy atom. The number of benzene rings is 3. The fourth-order valence-electron chi connectivity index (χ4n) is 3.34.